The fourth-order valence-corrected chi connectivity index (χ4v) is 2.23. The zero-order chi connectivity index (χ0) is 10.0. The smallest absolute Gasteiger partial charge is 0.000528 e. The Morgan fingerprint density at radius 2 is 1.93 bits per heavy atom. The third kappa shape index (κ3) is 2.96. The van der Waals surface area contributed by atoms with E-state index in [1.165, 1.54) is 51.9 Å². The molecule has 2 fully saturated rings. The summed E-state index contributed by atoms with van der Waals surface area (Å²) in [5.41, 5.74) is 0.672. The zero-order valence-corrected chi connectivity index (χ0v) is 9.68. The molecule has 0 spiro atoms. The van der Waals surface area contributed by atoms with Gasteiger partial charge < -0.3 is 10.2 Å². The molecule has 0 atom stereocenters. The van der Waals surface area contributed by atoms with E-state index in [-0.39, 0.29) is 0 Å². The highest BCUT2D eigenvalue weighted by molar-refractivity contribution is 4.90. The fraction of sp³-hybridized carbons (Fsp3) is 1.00. The van der Waals surface area contributed by atoms with Crippen LogP contribution in [0.1, 0.15) is 32.6 Å². The van der Waals surface area contributed by atoms with Gasteiger partial charge >= 0.3 is 0 Å². The van der Waals surface area contributed by atoms with Gasteiger partial charge in [0.15, 0.2) is 0 Å². The Morgan fingerprint density at radius 3 is 2.50 bits per heavy atom. The third-order valence-corrected chi connectivity index (χ3v) is 3.93. The van der Waals surface area contributed by atoms with Crippen LogP contribution in [0.3, 0.4) is 0 Å². The summed E-state index contributed by atoms with van der Waals surface area (Å²) < 4.78 is 0. The largest absolute Gasteiger partial charge is 0.316 e. The monoisotopic (exact) mass is 196 g/mol. The van der Waals surface area contributed by atoms with E-state index in [2.05, 4.69) is 24.2 Å². The summed E-state index contributed by atoms with van der Waals surface area (Å²) >= 11 is 0. The number of nitrogens with one attached hydrogen (secondary N) is 1. The van der Waals surface area contributed by atoms with Gasteiger partial charge in [0.1, 0.15) is 0 Å². The van der Waals surface area contributed by atoms with Crippen LogP contribution in [0.4, 0.5) is 0 Å². The Kier molecular flexibility index (Phi) is 3.13. The first-order valence-corrected chi connectivity index (χ1v) is 6.07. The lowest BCUT2D eigenvalue weighted by Gasteiger charge is -2.29. The molecule has 1 N–H and O–H groups in total. The molecule has 14 heavy (non-hydrogen) atoms. The predicted molar refractivity (Wildman–Crippen MR) is 60.4 cm³/mol. The Balaban J connectivity index is 1.57. The normalized spacial score (nSPS) is 27.9. The molecule has 0 bridgehead atoms. The lowest BCUT2D eigenvalue weighted by Crippen LogP contribution is -2.36. The van der Waals surface area contributed by atoms with Crippen LogP contribution in [0.15, 0.2) is 0 Å². The first-order valence-electron chi connectivity index (χ1n) is 6.07. The SMILES string of the molecule is CN1CCC(CNCC2(C)CC2)CC1. The molecule has 2 rings (SSSR count). The minimum Gasteiger partial charge on any atom is -0.316 e. The lowest BCUT2D eigenvalue weighted by atomic mass is 9.97. The molecule has 82 valence electrons. The summed E-state index contributed by atoms with van der Waals surface area (Å²) in [6.07, 6.45) is 5.65. The summed E-state index contributed by atoms with van der Waals surface area (Å²) in [5, 5.41) is 3.65. The van der Waals surface area contributed by atoms with Crippen LogP contribution in [-0.2, 0) is 0 Å². The van der Waals surface area contributed by atoms with E-state index in [1.54, 1.807) is 0 Å². The molecule has 0 aromatic heterocycles. The molecule has 0 aromatic carbocycles. The standard InChI is InChI=1S/C12H24N2/c1-12(5-6-12)10-13-9-11-3-7-14(2)8-4-11/h11,13H,3-10H2,1-2H3. The number of rotatable bonds is 4. The topological polar surface area (TPSA) is 15.3 Å². The predicted octanol–water partition coefficient (Wildman–Crippen LogP) is 1.72. The van der Waals surface area contributed by atoms with Crippen molar-refractivity contribution in [1.29, 1.82) is 0 Å². The van der Waals surface area contributed by atoms with Gasteiger partial charge in [0, 0.05) is 6.54 Å². The van der Waals surface area contributed by atoms with Crippen LogP contribution >= 0.6 is 0 Å². The van der Waals surface area contributed by atoms with Crippen LogP contribution in [0.2, 0.25) is 0 Å². The number of piperidine rings is 1. The van der Waals surface area contributed by atoms with Crippen molar-refractivity contribution in [2.24, 2.45) is 11.3 Å². The van der Waals surface area contributed by atoms with Crippen molar-refractivity contribution in [1.82, 2.24) is 10.2 Å². The highest BCUT2D eigenvalue weighted by Gasteiger charge is 2.36. The van der Waals surface area contributed by atoms with E-state index in [0.29, 0.717) is 5.41 Å². The van der Waals surface area contributed by atoms with Crippen molar-refractivity contribution in [2.45, 2.75) is 32.6 Å². The van der Waals surface area contributed by atoms with Crippen LogP contribution in [0.5, 0.6) is 0 Å². The van der Waals surface area contributed by atoms with Gasteiger partial charge in [-0.1, -0.05) is 6.92 Å². The van der Waals surface area contributed by atoms with Crippen molar-refractivity contribution in [2.75, 3.05) is 33.2 Å². The molecule has 0 aromatic rings. The summed E-state index contributed by atoms with van der Waals surface area (Å²) in [6.45, 7) is 7.49. The van der Waals surface area contributed by atoms with E-state index in [9.17, 15) is 0 Å². The van der Waals surface area contributed by atoms with E-state index in [0.717, 1.165) is 5.92 Å². The van der Waals surface area contributed by atoms with Crippen molar-refractivity contribution >= 4 is 0 Å². The van der Waals surface area contributed by atoms with Gasteiger partial charge in [0.2, 0.25) is 0 Å². The average molecular weight is 196 g/mol. The van der Waals surface area contributed by atoms with Gasteiger partial charge in [-0.25, -0.2) is 0 Å². The second-order valence-electron chi connectivity index (χ2n) is 5.69. The number of likely N-dealkylation sites (tertiary alicyclic amines) is 1. The maximum atomic E-state index is 3.65. The van der Waals surface area contributed by atoms with Gasteiger partial charge in [0.05, 0.1) is 0 Å². The minimum atomic E-state index is 0.672. The van der Waals surface area contributed by atoms with Crippen LogP contribution in [-0.4, -0.2) is 38.1 Å². The Labute approximate surface area is 88.1 Å². The molecule has 0 radical (unpaired) electrons. The zero-order valence-electron chi connectivity index (χ0n) is 9.68. The van der Waals surface area contributed by atoms with E-state index < -0.39 is 0 Å². The van der Waals surface area contributed by atoms with Crippen LogP contribution in [0, 0.1) is 11.3 Å². The van der Waals surface area contributed by atoms with Gasteiger partial charge in [-0.15, -0.1) is 0 Å². The molecule has 1 saturated heterocycles. The molecule has 1 aliphatic heterocycles. The maximum Gasteiger partial charge on any atom is 0.000528 e. The van der Waals surface area contributed by atoms with Crippen molar-refractivity contribution in [3.05, 3.63) is 0 Å². The van der Waals surface area contributed by atoms with E-state index >= 15 is 0 Å². The fourth-order valence-electron chi connectivity index (χ4n) is 2.23. The molecular formula is C12H24N2. The maximum absolute atomic E-state index is 3.65. The number of hydrogen-bond acceptors (Lipinski definition) is 2. The third-order valence-electron chi connectivity index (χ3n) is 3.93. The quantitative estimate of drug-likeness (QED) is 0.736. The lowest BCUT2D eigenvalue weighted by molar-refractivity contribution is 0.214. The Hall–Kier alpha value is -0.0800. The summed E-state index contributed by atoms with van der Waals surface area (Å²) in [4.78, 5) is 2.44. The molecule has 1 saturated carbocycles. The molecular weight excluding hydrogens is 172 g/mol. The van der Waals surface area contributed by atoms with Gasteiger partial charge in [0.25, 0.3) is 0 Å². The highest BCUT2D eigenvalue weighted by Crippen LogP contribution is 2.44. The first kappa shape index (κ1) is 10.4. The average Bonchev–Trinajstić information content (AvgIpc) is 2.88. The van der Waals surface area contributed by atoms with E-state index in [1.807, 2.05) is 0 Å². The van der Waals surface area contributed by atoms with Gasteiger partial charge in [-0.05, 0) is 63.7 Å². The minimum absolute atomic E-state index is 0.672. The molecule has 0 unspecified atom stereocenters. The van der Waals surface area contributed by atoms with Crippen LogP contribution in [0.25, 0.3) is 0 Å². The summed E-state index contributed by atoms with van der Waals surface area (Å²) in [5.74, 6) is 0.938. The second kappa shape index (κ2) is 4.19. The molecule has 0 amide bonds. The molecule has 2 heteroatoms. The van der Waals surface area contributed by atoms with Crippen molar-refractivity contribution in [3.8, 4) is 0 Å². The summed E-state index contributed by atoms with van der Waals surface area (Å²) in [7, 11) is 2.23. The van der Waals surface area contributed by atoms with Gasteiger partial charge in [-0.2, -0.15) is 0 Å². The van der Waals surface area contributed by atoms with Crippen molar-refractivity contribution in [3.63, 3.8) is 0 Å². The van der Waals surface area contributed by atoms with Crippen LogP contribution < -0.4 is 5.32 Å². The number of nitrogens with zero attached hydrogens (tertiary/aromatic N) is 1. The van der Waals surface area contributed by atoms with E-state index in [4.69, 9.17) is 0 Å². The Morgan fingerprint density at radius 1 is 1.29 bits per heavy atom. The highest BCUT2D eigenvalue weighted by atomic mass is 15.1. The molecule has 1 aliphatic carbocycles. The number of hydrogen-bond donors (Lipinski definition) is 1. The molecule has 2 nitrogen and oxygen atoms in total. The summed E-state index contributed by atoms with van der Waals surface area (Å²) in [6, 6.07) is 0. The van der Waals surface area contributed by atoms with Gasteiger partial charge in [-0.3, -0.25) is 0 Å². The Bertz CT molecular complexity index is 179. The second-order valence-corrected chi connectivity index (χ2v) is 5.69. The first-order chi connectivity index (χ1) is 6.68. The molecule has 1 heterocycles. The molecule has 2 aliphatic rings. The van der Waals surface area contributed by atoms with Crippen molar-refractivity contribution < 1.29 is 0 Å².